The van der Waals surface area contributed by atoms with Crippen LogP contribution in [0.3, 0.4) is 0 Å². The van der Waals surface area contributed by atoms with Crippen LogP contribution in [0.15, 0.2) is 60.9 Å². The van der Waals surface area contributed by atoms with Crippen LogP contribution in [-0.2, 0) is 0 Å². The van der Waals surface area contributed by atoms with Gasteiger partial charge in [-0.1, -0.05) is 18.2 Å². The quantitative estimate of drug-likeness (QED) is 0.760. The molecule has 2 aromatic carbocycles. The van der Waals surface area contributed by atoms with E-state index in [9.17, 15) is 4.79 Å². The third-order valence-electron chi connectivity index (χ3n) is 3.50. The van der Waals surface area contributed by atoms with Crippen LogP contribution in [0.2, 0.25) is 0 Å². The van der Waals surface area contributed by atoms with Crippen molar-refractivity contribution in [2.24, 2.45) is 0 Å². The Labute approximate surface area is 134 Å². The molecule has 0 saturated carbocycles. The first-order chi connectivity index (χ1) is 11.2. The van der Waals surface area contributed by atoms with Crippen molar-refractivity contribution in [1.82, 2.24) is 15.3 Å². The summed E-state index contributed by atoms with van der Waals surface area (Å²) in [5, 5.41) is 6.28. The number of carbonyl (C=O) groups is 1. The molecule has 5 heteroatoms. The lowest BCUT2D eigenvalue weighted by Gasteiger charge is -2.15. The number of para-hydroxylation sites is 1. The first-order valence-corrected chi connectivity index (χ1v) is 7.53. The van der Waals surface area contributed by atoms with Gasteiger partial charge in [-0.2, -0.15) is 0 Å². The molecule has 0 aliphatic rings. The monoisotopic (exact) mass is 306 g/mol. The van der Waals surface area contributed by atoms with Gasteiger partial charge in [0, 0.05) is 36.2 Å². The van der Waals surface area contributed by atoms with E-state index in [2.05, 4.69) is 20.6 Å². The van der Waals surface area contributed by atoms with Crippen molar-refractivity contribution in [1.29, 1.82) is 0 Å². The van der Waals surface area contributed by atoms with Crippen molar-refractivity contribution < 1.29 is 4.79 Å². The third-order valence-corrected chi connectivity index (χ3v) is 3.50. The number of fused-ring (bicyclic) bond motifs is 1. The zero-order valence-electron chi connectivity index (χ0n) is 12.9. The van der Waals surface area contributed by atoms with Gasteiger partial charge in [0.1, 0.15) is 0 Å². The summed E-state index contributed by atoms with van der Waals surface area (Å²) in [6.45, 7) is 2.62. The third kappa shape index (κ3) is 3.83. The number of amides is 1. The molecule has 0 spiro atoms. The second-order valence-electron chi connectivity index (χ2n) is 5.38. The number of hydrogen-bond acceptors (Lipinski definition) is 4. The highest BCUT2D eigenvalue weighted by atomic mass is 16.1. The van der Waals surface area contributed by atoms with E-state index in [1.807, 2.05) is 43.3 Å². The van der Waals surface area contributed by atoms with E-state index in [0.717, 1.165) is 16.7 Å². The molecule has 0 unspecified atom stereocenters. The summed E-state index contributed by atoms with van der Waals surface area (Å²) in [5.74, 6) is -0.111. The summed E-state index contributed by atoms with van der Waals surface area (Å²) in [6, 6.07) is 15.2. The lowest BCUT2D eigenvalue weighted by molar-refractivity contribution is 0.0942. The van der Waals surface area contributed by atoms with Crippen LogP contribution in [0.1, 0.15) is 17.3 Å². The summed E-state index contributed by atoms with van der Waals surface area (Å²) in [5.41, 5.74) is 3.12. The Bertz CT molecular complexity index is 804. The lowest BCUT2D eigenvalue weighted by atomic mass is 10.1. The maximum atomic E-state index is 12.3. The molecule has 23 heavy (non-hydrogen) atoms. The number of benzene rings is 2. The predicted molar refractivity (Wildman–Crippen MR) is 91.4 cm³/mol. The van der Waals surface area contributed by atoms with E-state index in [-0.39, 0.29) is 11.9 Å². The number of nitrogens with one attached hydrogen (secondary N) is 2. The van der Waals surface area contributed by atoms with Gasteiger partial charge in [-0.25, -0.2) is 0 Å². The van der Waals surface area contributed by atoms with Gasteiger partial charge in [0.15, 0.2) is 0 Å². The Morgan fingerprint density at radius 3 is 2.57 bits per heavy atom. The van der Waals surface area contributed by atoms with Crippen molar-refractivity contribution in [3.8, 4) is 0 Å². The molecule has 116 valence electrons. The molecule has 0 saturated heterocycles. The molecule has 1 heterocycles. The molecule has 0 radical (unpaired) electrons. The molecule has 0 aliphatic heterocycles. The molecule has 3 aromatic rings. The maximum absolute atomic E-state index is 12.3. The topological polar surface area (TPSA) is 66.9 Å². The van der Waals surface area contributed by atoms with Crippen molar-refractivity contribution in [2.45, 2.75) is 13.0 Å². The lowest BCUT2D eigenvalue weighted by Crippen LogP contribution is -2.37. The van der Waals surface area contributed by atoms with E-state index in [4.69, 9.17) is 0 Å². The highest BCUT2D eigenvalue weighted by Gasteiger charge is 2.10. The number of nitrogens with zero attached hydrogens (tertiary/aromatic N) is 2. The Morgan fingerprint density at radius 2 is 1.78 bits per heavy atom. The fraction of sp³-hybridized carbons (Fsp3) is 0.167. The zero-order valence-corrected chi connectivity index (χ0v) is 12.9. The van der Waals surface area contributed by atoms with Crippen LogP contribution in [-0.4, -0.2) is 28.5 Å². The Morgan fingerprint density at radius 1 is 1.04 bits per heavy atom. The van der Waals surface area contributed by atoms with Gasteiger partial charge in [-0.15, -0.1) is 0 Å². The number of carbonyl (C=O) groups excluding carboxylic acids is 1. The van der Waals surface area contributed by atoms with Crippen molar-refractivity contribution in [3.63, 3.8) is 0 Å². The van der Waals surface area contributed by atoms with Gasteiger partial charge >= 0.3 is 0 Å². The zero-order chi connectivity index (χ0) is 16.1. The summed E-state index contributed by atoms with van der Waals surface area (Å²) in [6.07, 6.45) is 3.26. The molecule has 0 aliphatic carbocycles. The maximum Gasteiger partial charge on any atom is 0.251 e. The van der Waals surface area contributed by atoms with Gasteiger partial charge in [0.05, 0.1) is 11.0 Å². The average molecular weight is 306 g/mol. The number of rotatable bonds is 5. The molecule has 3 rings (SSSR count). The first kappa shape index (κ1) is 15.0. The van der Waals surface area contributed by atoms with Crippen LogP contribution in [0.4, 0.5) is 5.69 Å². The van der Waals surface area contributed by atoms with E-state index in [0.29, 0.717) is 12.1 Å². The molecule has 1 atom stereocenters. The Balaban J connectivity index is 1.61. The summed E-state index contributed by atoms with van der Waals surface area (Å²) >= 11 is 0. The summed E-state index contributed by atoms with van der Waals surface area (Å²) < 4.78 is 0. The van der Waals surface area contributed by atoms with Crippen LogP contribution < -0.4 is 10.6 Å². The van der Waals surface area contributed by atoms with Crippen LogP contribution in [0.5, 0.6) is 0 Å². The highest BCUT2D eigenvalue weighted by Crippen LogP contribution is 2.11. The second-order valence-corrected chi connectivity index (χ2v) is 5.38. The minimum Gasteiger partial charge on any atom is -0.383 e. The molecule has 5 nitrogen and oxygen atoms in total. The summed E-state index contributed by atoms with van der Waals surface area (Å²) in [7, 11) is 0. The van der Waals surface area contributed by atoms with E-state index in [1.165, 1.54) is 0 Å². The molecule has 1 amide bonds. The Kier molecular flexibility index (Phi) is 4.47. The molecule has 0 fully saturated rings. The fourth-order valence-corrected chi connectivity index (χ4v) is 2.29. The second kappa shape index (κ2) is 6.87. The average Bonchev–Trinajstić information content (AvgIpc) is 2.60. The molecule has 0 bridgehead atoms. The number of aromatic nitrogens is 2. The number of hydrogen-bond donors (Lipinski definition) is 2. The van der Waals surface area contributed by atoms with Crippen LogP contribution in [0.25, 0.3) is 11.0 Å². The molecule has 2 N–H and O–H groups in total. The minimum atomic E-state index is -0.111. The van der Waals surface area contributed by atoms with E-state index < -0.39 is 0 Å². The predicted octanol–water partition coefficient (Wildman–Crippen LogP) is 2.86. The normalized spacial score (nSPS) is 11.9. The van der Waals surface area contributed by atoms with E-state index >= 15 is 0 Å². The van der Waals surface area contributed by atoms with Gasteiger partial charge < -0.3 is 10.6 Å². The van der Waals surface area contributed by atoms with Gasteiger partial charge in [-0.3, -0.25) is 14.8 Å². The largest absolute Gasteiger partial charge is 0.383 e. The minimum absolute atomic E-state index is 0.000241. The number of anilines is 1. The van der Waals surface area contributed by atoms with E-state index in [1.54, 1.807) is 24.5 Å². The molecular weight excluding hydrogens is 288 g/mol. The SMILES string of the molecule is C[C@H](CNc1ccccc1)NC(=O)c1ccc2nccnc2c1. The van der Waals surface area contributed by atoms with Gasteiger partial charge in [0.2, 0.25) is 0 Å². The van der Waals surface area contributed by atoms with Crippen molar-refractivity contribution in [2.75, 3.05) is 11.9 Å². The van der Waals surface area contributed by atoms with Crippen LogP contribution in [0, 0.1) is 0 Å². The van der Waals surface area contributed by atoms with Crippen LogP contribution >= 0.6 is 0 Å². The smallest absolute Gasteiger partial charge is 0.251 e. The van der Waals surface area contributed by atoms with Crippen molar-refractivity contribution in [3.05, 3.63) is 66.5 Å². The van der Waals surface area contributed by atoms with Gasteiger partial charge in [-0.05, 0) is 37.3 Å². The summed E-state index contributed by atoms with van der Waals surface area (Å²) in [4.78, 5) is 20.7. The van der Waals surface area contributed by atoms with Crippen molar-refractivity contribution >= 4 is 22.6 Å². The molecular formula is C18H18N4O. The highest BCUT2D eigenvalue weighted by molar-refractivity contribution is 5.97. The molecule has 1 aromatic heterocycles. The Hall–Kier alpha value is -2.95. The first-order valence-electron chi connectivity index (χ1n) is 7.53. The fourth-order valence-electron chi connectivity index (χ4n) is 2.29. The van der Waals surface area contributed by atoms with Gasteiger partial charge in [0.25, 0.3) is 5.91 Å². The standard InChI is InChI=1S/C18H18N4O/c1-13(12-21-15-5-3-2-4-6-15)22-18(23)14-7-8-16-17(11-14)20-10-9-19-16/h2-11,13,21H,12H2,1H3,(H,22,23)/t13-/m1/s1.